The molecule has 72 valence electrons. The second-order valence-corrected chi connectivity index (χ2v) is 3.17. The number of ether oxygens (including phenoxy) is 1. The molecule has 3 nitrogen and oxygen atoms in total. The van der Waals surface area contributed by atoms with Crippen molar-refractivity contribution >= 4 is 5.97 Å². The van der Waals surface area contributed by atoms with E-state index in [4.69, 9.17) is 11.2 Å². The Hall–Kier alpha value is -1.01. The third-order valence-electron chi connectivity index (χ3n) is 2.38. The van der Waals surface area contributed by atoms with E-state index in [-0.39, 0.29) is 12.0 Å². The zero-order valence-electron chi connectivity index (χ0n) is 7.95. The minimum absolute atomic E-state index is 0.0571. The summed E-state index contributed by atoms with van der Waals surface area (Å²) in [5.74, 6) is 2.45. The van der Waals surface area contributed by atoms with Crippen LogP contribution in [0.15, 0.2) is 0 Å². The van der Waals surface area contributed by atoms with Crippen molar-refractivity contribution in [2.24, 2.45) is 0 Å². The van der Waals surface area contributed by atoms with Crippen LogP contribution in [0.3, 0.4) is 0 Å². The Morgan fingerprint density at radius 2 is 2.54 bits per heavy atom. The molecule has 0 aromatic heterocycles. The molecule has 0 amide bonds. The van der Waals surface area contributed by atoms with E-state index in [2.05, 4.69) is 10.8 Å². The Labute approximate surface area is 79.1 Å². The third-order valence-corrected chi connectivity index (χ3v) is 2.38. The molecular formula is C10H15NO2. The molecule has 1 saturated heterocycles. The van der Waals surface area contributed by atoms with Gasteiger partial charge in [0.15, 0.2) is 0 Å². The molecule has 1 atom stereocenters. The lowest BCUT2D eigenvalue weighted by atomic mass is 10.2. The van der Waals surface area contributed by atoms with E-state index in [0.29, 0.717) is 6.42 Å². The van der Waals surface area contributed by atoms with Crippen molar-refractivity contribution in [3.8, 4) is 12.3 Å². The van der Waals surface area contributed by atoms with Gasteiger partial charge in [0, 0.05) is 13.0 Å². The number of methoxy groups -OCH3 is 1. The largest absolute Gasteiger partial charge is 0.468 e. The molecule has 1 fully saturated rings. The van der Waals surface area contributed by atoms with Gasteiger partial charge in [-0.2, -0.15) is 0 Å². The summed E-state index contributed by atoms with van der Waals surface area (Å²) in [4.78, 5) is 13.4. The molecule has 1 heterocycles. The summed E-state index contributed by atoms with van der Waals surface area (Å²) in [6.45, 7) is 1.76. The van der Waals surface area contributed by atoms with Crippen LogP contribution in [0.25, 0.3) is 0 Å². The summed E-state index contributed by atoms with van der Waals surface area (Å²) in [6, 6.07) is -0.0571. The fraction of sp³-hybridized carbons (Fsp3) is 0.700. The molecule has 0 N–H and O–H groups in total. The Balaban J connectivity index is 2.44. The molecule has 0 bridgehead atoms. The van der Waals surface area contributed by atoms with Crippen LogP contribution >= 0.6 is 0 Å². The lowest BCUT2D eigenvalue weighted by molar-refractivity contribution is -0.145. The molecule has 0 aromatic carbocycles. The number of carbonyl (C=O) groups excluding carboxylic acids is 1. The number of nitrogens with zero attached hydrogens (tertiary/aromatic N) is 1. The van der Waals surface area contributed by atoms with Gasteiger partial charge in [-0.1, -0.05) is 0 Å². The highest BCUT2D eigenvalue weighted by Gasteiger charge is 2.30. The predicted molar refractivity (Wildman–Crippen MR) is 50.1 cm³/mol. The first-order valence-corrected chi connectivity index (χ1v) is 4.55. The lowest BCUT2D eigenvalue weighted by Gasteiger charge is -2.20. The van der Waals surface area contributed by atoms with E-state index in [1.54, 1.807) is 0 Å². The van der Waals surface area contributed by atoms with E-state index >= 15 is 0 Å². The van der Waals surface area contributed by atoms with Gasteiger partial charge >= 0.3 is 5.97 Å². The molecule has 0 spiro atoms. The monoisotopic (exact) mass is 181 g/mol. The van der Waals surface area contributed by atoms with Crippen molar-refractivity contribution in [1.82, 2.24) is 4.90 Å². The summed E-state index contributed by atoms with van der Waals surface area (Å²) in [7, 11) is 1.43. The van der Waals surface area contributed by atoms with Crippen LogP contribution in [0.2, 0.25) is 0 Å². The maximum atomic E-state index is 11.3. The summed E-state index contributed by atoms with van der Waals surface area (Å²) in [5.41, 5.74) is 0. The first-order chi connectivity index (χ1) is 6.29. The van der Waals surface area contributed by atoms with Crippen LogP contribution in [0, 0.1) is 12.3 Å². The Bertz CT molecular complexity index is 219. The van der Waals surface area contributed by atoms with Gasteiger partial charge in [-0.05, 0) is 19.4 Å². The van der Waals surface area contributed by atoms with E-state index < -0.39 is 0 Å². The highest BCUT2D eigenvalue weighted by molar-refractivity contribution is 5.75. The third kappa shape index (κ3) is 2.46. The molecule has 1 aliphatic heterocycles. The Kier molecular flexibility index (Phi) is 3.78. The van der Waals surface area contributed by atoms with Crippen LogP contribution in [0.5, 0.6) is 0 Å². The van der Waals surface area contributed by atoms with E-state index in [1.807, 2.05) is 0 Å². The molecule has 0 radical (unpaired) electrons. The summed E-state index contributed by atoms with van der Waals surface area (Å²) < 4.78 is 4.71. The zero-order valence-corrected chi connectivity index (χ0v) is 7.95. The maximum absolute atomic E-state index is 11.3. The van der Waals surface area contributed by atoms with Crippen molar-refractivity contribution in [1.29, 1.82) is 0 Å². The minimum atomic E-state index is -0.130. The summed E-state index contributed by atoms with van der Waals surface area (Å²) in [5, 5.41) is 0. The number of hydrogen-bond donors (Lipinski definition) is 0. The minimum Gasteiger partial charge on any atom is -0.468 e. The first-order valence-electron chi connectivity index (χ1n) is 4.55. The molecule has 1 rings (SSSR count). The standard InChI is InChI=1S/C10H15NO2/c1-3-4-7-11-8-5-6-9(11)10(12)13-2/h1,9H,4-8H2,2H3. The smallest absolute Gasteiger partial charge is 0.323 e. The fourth-order valence-corrected chi connectivity index (χ4v) is 1.70. The lowest BCUT2D eigenvalue weighted by Crippen LogP contribution is -2.37. The number of likely N-dealkylation sites (tertiary alicyclic amines) is 1. The van der Waals surface area contributed by atoms with Gasteiger partial charge in [0.1, 0.15) is 6.04 Å². The number of terminal acetylenes is 1. The maximum Gasteiger partial charge on any atom is 0.323 e. The van der Waals surface area contributed by atoms with Crippen LogP contribution in [0.1, 0.15) is 19.3 Å². The highest BCUT2D eigenvalue weighted by Crippen LogP contribution is 2.18. The van der Waals surface area contributed by atoms with E-state index in [1.165, 1.54) is 7.11 Å². The normalized spacial score (nSPS) is 22.6. The predicted octanol–water partition coefficient (Wildman–Crippen LogP) is 0.647. The van der Waals surface area contributed by atoms with Crippen molar-refractivity contribution < 1.29 is 9.53 Å². The molecule has 1 aliphatic rings. The molecule has 0 aromatic rings. The molecule has 0 aliphatic carbocycles. The van der Waals surface area contributed by atoms with Gasteiger partial charge in [0.25, 0.3) is 0 Å². The highest BCUT2D eigenvalue weighted by atomic mass is 16.5. The molecule has 0 saturated carbocycles. The van der Waals surface area contributed by atoms with Crippen LogP contribution < -0.4 is 0 Å². The average molecular weight is 181 g/mol. The van der Waals surface area contributed by atoms with E-state index in [9.17, 15) is 4.79 Å². The van der Waals surface area contributed by atoms with Gasteiger partial charge in [-0.25, -0.2) is 0 Å². The number of hydrogen-bond acceptors (Lipinski definition) is 3. The van der Waals surface area contributed by atoms with Gasteiger partial charge in [-0.15, -0.1) is 12.3 Å². The van der Waals surface area contributed by atoms with Gasteiger partial charge < -0.3 is 4.74 Å². The van der Waals surface area contributed by atoms with Gasteiger partial charge in [0.2, 0.25) is 0 Å². The molecule has 1 unspecified atom stereocenters. The van der Waals surface area contributed by atoms with Crippen LogP contribution in [-0.4, -0.2) is 37.1 Å². The van der Waals surface area contributed by atoms with Crippen molar-refractivity contribution in [2.45, 2.75) is 25.3 Å². The second kappa shape index (κ2) is 4.88. The molecule has 3 heteroatoms. The fourth-order valence-electron chi connectivity index (χ4n) is 1.70. The molecule has 13 heavy (non-hydrogen) atoms. The second-order valence-electron chi connectivity index (χ2n) is 3.17. The summed E-state index contributed by atoms with van der Waals surface area (Å²) in [6.07, 6.45) is 7.83. The zero-order chi connectivity index (χ0) is 9.68. The number of rotatable bonds is 3. The molecular weight excluding hydrogens is 166 g/mol. The first kappa shape index (κ1) is 10.1. The quantitative estimate of drug-likeness (QED) is 0.473. The number of esters is 1. The average Bonchev–Trinajstić information content (AvgIpc) is 2.61. The topological polar surface area (TPSA) is 29.5 Å². The van der Waals surface area contributed by atoms with E-state index in [0.717, 1.165) is 25.9 Å². The van der Waals surface area contributed by atoms with Crippen molar-refractivity contribution in [3.63, 3.8) is 0 Å². The van der Waals surface area contributed by atoms with Gasteiger partial charge in [-0.3, -0.25) is 9.69 Å². The number of carbonyl (C=O) groups is 1. The summed E-state index contributed by atoms with van der Waals surface area (Å²) >= 11 is 0. The van der Waals surface area contributed by atoms with Crippen LogP contribution in [0.4, 0.5) is 0 Å². The Morgan fingerprint density at radius 3 is 3.15 bits per heavy atom. The van der Waals surface area contributed by atoms with Crippen molar-refractivity contribution in [2.75, 3.05) is 20.2 Å². The Morgan fingerprint density at radius 1 is 1.77 bits per heavy atom. The van der Waals surface area contributed by atoms with Gasteiger partial charge in [0.05, 0.1) is 7.11 Å². The SMILES string of the molecule is C#CCCN1CCCC1C(=O)OC. The van der Waals surface area contributed by atoms with Crippen LogP contribution in [-0.2, 0) is 9.53 Å². The van der Waals surface area contributed by atoms with Crippen molar-refractivity contribution in [3.05, 3.63) is 0 Å².